The Morgan fingerprint density at radius 3 is 2.37 bits per heavy atom. The van der Waals surface area contributed by atoms with Gasteiger partial charge in [-0.3, -0.25) is 0 Å². The molecule has 7 nitrogen and oxygen atoms in total. The number of nitrogens with zero attached hydrogens (tertiary/aromatic N) is 2. The van der Waals surface area contributed by atoms with Crippen molar-refractivity contribution in [2.75, 3.05) is 5.32 Å². The van der Waals surface area contributed by atoms with Gasteiger partial charge in [0.25, 0.3) is 0 Å². The molecule has 0 spiro atoms. The highest BCUT2D eigenvalue weighted by molar-refractivity contribution is 5.28. The molecule has 0 amide bonds. The Morgan fingerprint density at radius 1 is 1.00 bits per heavy atom. The van der Waals surface area contributed by atoms with Crippen molar-refractivity contribution in [1.29, 1.82) is 0 Å². The number of benzene rings is 1. The summed E-state index contributed by atoms with van der Waals surface area (Å²) in [5, 5.41) is 3.18. The molecule has 1 aromatic carbocycles. The van der Waals surface area contributed by atoms with Crippen LogP contribution in [0.1, 0.15) is 17.3 Å². The van der Waals surface area contributed by atoms with E-state index < -0.39 is 0 Å². The molecule has 1 fully saturated rings. The summed E-state index contributed by atoms with van der Waals surface area (Å²) in [6.07, 6.45) is 3.52. The van der Waals surface area contributed by atoms with Gasteiger partial charge in [-0.1, -0.05) is 30.3 Å². The normalized spacial score (nSPS) is 15.6. The maximum atomic E-state index is 4.28. The van der Waals surface area contributed by atoms with Crippen LogP contribution < -0.4 is 27.2 Å². The Bertz CT molecular complexity index is 507. The van der Waals surface area contributed by atoms with Crippen LogP contribution in [-0.2, 0) is 6.54 Å². The standard InChI is InChI=1S/C12H15N7/c1-2-4-9(5-3-1)6-13-12-14-7-10(8-15-12)11-16-18-19-17-11/h1-5,7-8,11,16-19H,6H2,(H,13,14,15). The maximum Gasteiger partial charge on any atom is 0.222 e. The molecule has 2 aromatic rings. The first kappa shape index (κ1) is 12.0. The van der Waals surface area contributed by atoms with Crippen LogP contribution in [0.2, 0.25) is 0 Å². The minimum absolute atomic E-state index is 0.0387. The van der Waals surface area contributed by atoms with Crippen LogP contribution in [0.5, 0.6) is 0 Å². The third-order valence-corrected chi connectivity index (χ3v) is 2.79. The SMILES string of the molecule is c1ccc(CNc2ncc(C3NNNN3)cn2)cc1. The predicted molar refractivity (Wildman–Crippen MR) is 71.1 cm³/mol. The van der Waals surface area contributed by atoms with E-state index in [1.807, 2.05) is 18.2 Å². The molecule has 19 heavy (non-hydrogen) atoms. The third kappa shape index (κ3) is 3.04. The molecule has 7 heteroatoms. The molecule has 2 heterocycles. The first-order valence-electron chi connectivity index (χ1n) is 6.02. The first-order valence-corrected chi connectivity index (χ1v) is 6.02. The molecular formula is C12H15N7. The van der Waals surface area contributed by atoms with Gasteiger partial charge in [0.15, 0.2) is 0 Å². The minimum atomic E-state index is -0.0387. The van der Waals surface area contributed by atoms with Gasteiger partial charge in [0.05, 0.1) is 0 Å². The van der Waals surface area contributed by atoms with Crippen molar-refractivity contribution in [2.45, 2.75) is 12.7 Å². The van der Waals surface area contributed by atoms with Crippen LogP contribution in [0.25, 0.3) is 0 Å². The van der Waals surface area contributed by atoms with Crippen molar-refractivity contribution in [3.63, 3.8) is 0 Å². The van der Waals surface area contributed by atoms with E-state index in [1.54, 1.807) is 12.4 Å². The Labute approximate surface area is 110 Å². The van der Waals surface area contributed by atoms with Gasteiger partial charge < -0.3 is 5.32 Å². The highest BCUT2D eigenvalue weighted by Gasteiger charge is 2.15. The van der Waals surface area contributed by atoms with Gasteiger partial charge in [0, 0.05) is 24.5 Å². The summed E-state index contributed by atoms with van der Waals surface area (Å²) in [6, 6.07) is 10.1. The molecule has 0 saturated carbocycles. The van der Waals surface area contributed by atoms with Crippen LogP contribution in [0.15, 0.2) is 42.7 Å². The highest BCUT2D eigenvalue weighted by atomic mass is 15.8. The van der Waals surface area contributed by atoms with Crippen molar-refractivity contribution in [3.8, 4) is 0 Å². The van der Waals surface area contributed by atoms with Crippen molar-refractivity contribution in [1.82, 2.24) is 31.9 Å². The molecule has 0 radical (unpaired) electrons. The number of hydrogen-bond donors (Lipinski definition) is 5. The predicted octanol–water partition coefficient (Wildman–Crippen LogP) is 0.204. The Kier molecular flexibility index (Phi) is 3.61. The largest absolute Gasteiger partial charge is 0.350 e. The van der Waals surface area contributed by atoms with Gasteiger partial charge in [0.2, 0.25) is 5.95 Å². The fourth-order valence-corrected chi connectivity index (χ4v) is 1.77. The summed E-state index contributed by atoms with van der Waals surface area (Å²) < 4.78 is 0. The minimum Gasteiger partial charge on any atom is -0.350 e. The molecule has 5 N–H and O–H groups in total. The van der Waals surface area contributed by atoms with E-state index in [-0.39, 0.29) is 6.17 Å². The van der Waals surface area contributed by atoms with Crippen LogP contribution >= 0.6 is 0 Å². The smallest absolute Gasteiger partial charge is 0.222 e. The van der Waals surface area contributed by atoms with E-state index in [1.165, 1.54) is 5.56 Å². The summed E-state index contributed by atoms with van der Waals surface area (Å²) in [7, 11) is 0. The van der Waals surface area contributed by atoms with Crippen molar-refractivity contribution < 1.29 is 0 Å². The van der Waals surface area contributed by atoms with E-state index in [0.29, 0.717) is 12.5 Å². The van der Waals surface area contributed by atoms with Gasteiger partial charge in [-0.15, -0.1) is 0 Å². The van der Waals surface area contributed by atoms with E-state index in [9.17, 15) is 0 Å². The molecule has 0 aliphatic carbocycles. The third-order valence-electron chi connectivity index (χ3n) is 2.79. The second-order valence-electron chi connectivity index (χ2n) is 4.15. The molecule has 1 aliphatic rings. The summed E-state index contributed by atoms with van der Waals surface area (Å²) in [4.78, 5) is 8.56. The number of rotatable bonds is 4. The fourth-order valence-electron chi connectivity index (χ4n) is 1.77. The number of nitrogens with one attached hydrogen (secondary N) is 5. The van der Waals surface area contributed by atoms with E-state index >= 15 is 0 Å². The van der Waals surface area contributed by atoms with Gasteiger partial charge in [-0.2, -0.15) is 11.1 Å². The lowest BCUT2D eigenvalue weighted by molar-refractivity contribution is 0.550. The topological polar surface area (TPSA) is 85.9 Å². The Morgan fingerprint density at radius 2 is 1.68 bits per heavy atom. The number of hydrazine groups is 3. The number of aromatic nitrogens is 2. The highest BCUT2D eigenvalue weighted by Crippen LogP contribution is 2.09. The molecule has 1 aromatic heterocycles. The summed E-state index contributed by atoms with van der Waals surface area (Å²) in [5.74, 6) is 0.617. The van der Waals surface area contributed by atoms with Crippen molar-refractivity contribution in [3.05, 3.63) is 53.9 Å². The van der Waals surface area contributed by atoms with E-state index in [4.69, 9.17) is 0 Å². The van der Waals surface area contributed by atoms with Crippen LogP contribution in [0.3, 0.4) is 0 Å². The van der Waals surface area contributed by atoms with Crippen LogP contribution in [-0.4, -0.2) is 9.97 Å². The average molecular weight is 257 g/mol. The van der Waals surface area contributed by atoms with Crippen LogP contribution in [0, 0.1) is 0 Å². The van der Waals surface area contributed by atoms with Gasteiger partial charge in [0.1, 0.15) is 6.17 Å². The van der Waals surface area contributed by atoms with Crippen molar-refractivity contribution >= 4 is 5.95 Å². The molecule has 1 aliphatic heterocycles. The van der Waals surface area contributed by atoms with Gasteiger partial charge in [-0.25, -0.2) is 20.8 Å². The average Bonchev–Trinajstić information content (AvgIpc) is 3.01. The second-order valence-corrected chi connectivity index (χ2v) is 4.15. The molecule has 3 rings (SSSR count). The Balaban J connectivity index is 1.60. The van der Waals surface area contributed by atoms with Crippen LogP contribution in [0.4, 0.5) is 5.95 Å². The molecule has 0 unspecified atom stereocenters. The zero-order valence-electron chi connectivity index (χ0n) is 10.2. The molecule has 1 saturated heterocycles. The molecule has 0 bridgehead atoms. The van der Waals surface area contributed by atoms with E-state index in [2.05, 4.69) is 49.3 Å². The monoisotopic (exact) mass is 257 g/mol. The molecule has 98 valence electrons. The van der Waals surface area contributed by atoms with Crippen molar-refractivity contribution in [2.24, 2.45) is 0 Å². The number of anilines is 1. The van der Waals surface area contributed by atoms with Gasteiger partial charge in [-0.05, 0) is 5.56 Å². The number of hydrogen-bond acceptors (Lipinski definition) is 7. The summed E-state index contributed by atoms with van der Waals surface area (Å²) in [5.41, 5.74) is 13.6. The lowest BCUT2D eigenvalue weighted by Crippen LogP contribution is -2.33. The maximum absolute atomic E-state index is 4.28. The second kappa shape index (κ2) is 5.72. The summed E-state index contributed by atoms with van der Waals surface area (Å²) in [6.45, 7) is 0.712. The quantitative estimate of drug-likeness (QED) is 0.535. The lowest BCUT2D eigenvalue weighted by Gasteiger charge is -2.09. The first-order chi connectivity index (χ1) is 9.42. The summed E-state index contributed by atoms with van der Waals surface area (Å²) >= 11 is 0. The lowest BCUT2D eigenvalue weighted by atomic mass is 10.2. The zero-order chi connectivity index (χ0) is 12.9. The zero-order valence-corrected chi connectivity index (χ0v) is 10.2. The fraction of sp³-hybridized carbons (Fsp3) is 0.167. The molecular weight excluding hydrogens is 242 g/mol. The van der Waals surface area contributed by atoms with E-state index in [0.717, 1.165) is 5.56 Å². The van der Waals surface area contributed by atoms with Gasteiger partial charge >= 0.3 is 0 Å². The molecule has 0 atom stereocenters. The Hall–Kier alpha value is -2.06.